The van der Waals surface area contributed by atoms with Crippen molar-refractivity contribution >= 4 is 6.16 Å². The predicted molar refractivity (Wildman–Crippen MR) is 49.5 cm³/mol. The minimum atomic E-state index is -1.76. The van der Waals surface area contributed by atoms with Gasteiger partial charge in [0.25, 0.3) is 0 Å². The Hall–Kier alpha value is -0.930. The lowest BCUT2D eigenvalue weighted by atomic mass is 10.0. The smallest absolute Gasteiger partial charge is 0.438 e. The summed E-state index contributed by atoms with van der Waals surface area (Å²) in [5.41, 5.74) is 0. The summed E-state index contributed by atoms with van der Waals surface area (Å²) in [7, 11) is 1.06. The summed E-state index contributed by atoms with van der Waals surface area (Å²) in [4.78, 5) is 10.5. The summed E-state index contributed by atoms with van der Waals surface area (Å²) in [5, 5.41) is 45.1. The lowest BCUT2D eigenvalue weighted by molar-refractivity contribution is -0.125. The zero-order valence-corrected chi connectivity index (χ0v) is 8.68. The van der Waals surface area contributed by atoms with Crippen LogP contribution in [0.5, 0.6) is 0 Å². The molecule has 0 fully saturated rings. The first-order chi connectivity index (χ1) is 7.43. The van der Waals surface area contributed by atoms with Crippen LogP contribution in [0.3, 0.4) is 0 Å². The van der Waals surface area contributed by atoms with Crippen LogP contribution in [-0.4, -0.2) is 76.4 Å². The van der Waals surface area contributed by atoms with Gasteiger partial charge in [0.1, 0.15) is 31.0 Å². The summed E-state index contributed by atoms with van der Waals surface area (Å²) >= 11 is 0. The number of aliphatic hydroxyl groups is 5. The van der Waals surface area contributed by atoms with Gasteiger partial charge in [0.05, 0.1) is 13.7 Å². The van der Waals surface area contributed by atoms with Gasteiger partial charge in [-0.2, -0.15) is 0 Å². The fourth-order valence-electron chi connectivity index (χ4n) is 0.874. The molecule has 5 N–H and O–H groups in total. The van der Waals surface area contributed by atoms with E-state index in [1.165, 1.54) is 0 Å². The quantitative estimate of drug-likeness (QED) is 0.314. The number of rotatable bonds is 6. The maximum absolute atomic E-state index is 10.5. The minimum Gasteiger partial charge on any atom is -0.438 e. The predicted octanol–water partition coefficient (Wildman–Crippen LogP) is -2.79. The fraction of sp³-hybridized carbons (Fsp3) is 0.875. The Morgan fingerprint density at radius 2 is 1.62 bits per heavy atom. The SMILES string of the molecule is COC(=O)OCC(O)C(O)C(O)C(O)CO. The van der Waals surface area contributed by atoms with Crippen LogP contribution in [-0.2, 0) is 9.47 Å². The Balaban J connectivity index is 4.06. The normalized spacial score (nSPS) is 18.4. The van der Waals surface area contributed by atoms with Crippen molar-refractivity contribution in [3.63, 3.8) is 0 Å². The number of carbonyl (C=O) groups is 1. The molecule has 0 saturated heterocycles. The van der Waals surface area contributed by atoms with Gasteiger partial charge in [0, 0.05) is 0 Å². The third-order valence-electron chi connectivity index (χ3n) is 1.86. The molecule has 0 heterocycles. The van der Waals surface area contributed by atoms with E-state index < -0.39 is 43.8 Å². The molecule has 0 aromatic carbocycles. The zero-order valence-electron chi connectivity index (χ0n) is 8.68. The van der Waals surface area contributed by atoms with Crippen LogP contribution in [0.2, 0.25) is 0 Å². The summed E-state index contributed by atoms with van der Waals surface area (Å²) in [6, 6.07) is 0. The van der Waals surface area contributed by atoms with Crippen molar-refractivity contribution in [2.45, 2.75) is 24.4 Å². The van der Waals surface area contributed by atoms with Crippen LogP contribution in [0.4, 0.5) is 4.79 Å². The second-order valence-corrected chi connectivity index (χ2v) is 3.06. The highest BCUT2D eigenvalue weighted by Crippen LogP contribution is 2.05. The molecule has 0 saturated carbocycles. The van der Waals surface area contributed by atoms with E-state index in [-0.39, 0.29) is 0 Å². The van der Waals surface area contributed by atoms with Crippen LogP contribution in [0.25, 0.3) is 0 Å². The van der Waals surface area contributed by atoms with Gasteiger partial charge in [-0.1, -0.05) is 0 Å². The number of hydrogen-bond donors (Lipinski definition) is 5. The van der Waals surface area contributed by atoms with E-state index in [1.54, 1.807) is 0 Å². The molecule has 0 aliphatic rings. The van der Waals surface area contributed by atoms with Crippen molar-refractivity contribution in [2.24, 2.45) is 0 Å². The molecular formula is C8H16O8. The van der Waals surface area contributed by atoms with Crippen molar-refractivity contribution in [3.8, 4) is 0 Å². The molecule has 0 amide bonds. The Labute approximate surface area is 91.7 Å². The van der Waals surface area contributed by atoms with Crippen LogP contribution in [0, 0.1) is 0 Å². The van der Waals surface area contributed by atoms with Gasteiger partial charge in [0.2, 0.25) is 0 Å². The molecule has 0 aliphatic heterocycles. The molecule has 4 atom stereocenters. The average molecular weight is 240 g/mol. The Morgan fingerprint density at radius 3 is 2.06 bits per heavy atom. The molecule has 96 valence electrons. The second kappa shape index (κ2) is 7.36. The molecule has 0 bridgehead atoms. The van der Waals surface area contributed by atoms with E-state index in [4.69, 9.17) is 10.2 Å². The first kappa shape index (κ1) is 15.1. The van der Waals surface area contributed by atoms with E-state index in [2.05, 4.69) is 9.47 Å². The molecule has 8 nitrogen and oxygen atoms in total. The largest absolute Gasteiger partial charge is 0.508 e. The molecule has 0 aliphatic carbocycles. The molecule has 16 heavy (non-hydrogen) atoms. The third kappa shape index (κ3) is 4.73. The van der Waals surface area contributed by atoms with E-state index >= 15 is 0 Å². The Morgan fingerprint density at radius 1 is 1.12 bits per heavy atom. The van der Waals surface area contributed by atoms with Crippen molar-refractivity contribution in [1.29, 1.82) is 0 Å². The molecular weight excluding hydrogens is 224 g/mol. The van der Waals surface area contributed by atoms with Crippen LogP contribution >= 0.6 is 0 Å². The van der Waals surface area contributed by atoms with E-state index in [9.17, 15) is 20.1 Å². The molecule has 0 spiro atoms. The number of aliphatic hydroxyl groups excluding tert-OH is 5. The number of ether oxygens (including phenoxy) is 2. The molecule has 0 aromatic heterocycles. The summed E-state index contributed by atoms with van der Waals surface area (Å²) in [6.07, 6.45) is -7.76. The molecule has 4 unspecified atom stereocenters. The summed E-state index contributed by atoms with van der Waals surface area (Å²) in [5.74, 6) is 0. The van der Waals surface area contributed by atoms with Gasteiger partial charge < -0.3 is 35.0 Å². The van der Waals surface area contributed by atoms with E-state index in [0.717, 1.165) is 7.11 Å². The minimum absolute atomic E-state index is 0.608. The monoisotopic (exact) mass is 240 g/mol. The lowest BCUT2D eigenvalue weighted by Crippen LogP contribution is -2.47. The van der Waals surface area contributed by atoms with E-state index in [0.29, 0.717) is 0 Å². The molecule has 0 radical (unpaired) electrons. The van der Waals surface area contributed by atoms with Gasteiger partial charge in [0.15, 0.2) is 0 Å². The van der Waals surface area contributed by atoms with Crippen LogP contribution in [0.15, 0.2) is 0 Å². The Kier molecular flexibility index (Phi) is 6.93. The third-order valence-corrected chi connectivity index (χ3v) is 1.86. The van der Waals surface area contributed by atoms with Gasteiger partial charge in [-0.3, -0.25) is 0 Å². The maximum Gasteiger partial charge on any atom is 0.508 e. The average Bonchev–Trinajstić information content (AvgIpc) is 2.32. The van der Waals surface area contributed by atoms with Crippen molar-refractivity contribution < 1.29 is 39.8 Å². The Bertz CT molecular complexity index is 208. The lowest BCUT2D eigenvalue weighted by Gasteiger charge is -2.25. The first-order valence-corrected chi connectivity index (χ1v) is 4.47. The number of hydrogen-bond acceptors (Lipinski definition) is 8. The first-order valence-electron chi connectivity index (χ1n) is 4.47. The highest BCUT2D eigenvalue weighted by Gasteiger charge is 2.30. The van der Waals surface area contributed by atoms with Crippen molar-refractivity contribution in [1.82, 2.24) is 0 Å². The van der Waals surface area contributed by atoms with Gasteiger partial charge in [-0.25, -0.2) is 4.79 Å². The van der Waals surface area contributed by atoms with Crippen molar-refractivity contribution in [3.05, 3.63) is 0 Å². The van der Waals surface area contributed by atoms with Gasteiger partial charge >= 0.3 is 6.16 Å². The zero-order chi connectivity index (χ0) is 12.7. The topological polar surface area (TPSA) is 137 Å². The standard InChI is InChI=1S/C8H16O8/c1-15-8(14)16-3-5(11)7(13)6(12)4(10)2-9/h4-7,9-13H,2-3H2,1H3. The van der Waals surface area contributed by atoms with Crippen molar-refractivity contribution in [2.75, 3.05) is 20.3 Å². The highest BCUT2D eigenvalue weighted by molar-refractivity contribution is 5.59. The van der Waals surface area contributed by atoms with Gasteiger partial charge in [-0.15, -0.1) is 0 Å². The maximum atomic E-state index is 10.5. The van der Waals surface area contributed by atoms with E-state index in [1.807, 2.05) is 0 Å². The fourth-order valence-corrected chi connectivity index (χ4v) is 0.874. The summed E-state index contributed by atoms with van der Waals surface area (Å²) in [6.45, 7) is -1.38. The number of methoxy groups -OCH3 is 1. The van der Waals surface area contributed by atoms with Crippen LogP contribution in [0.1, 0.15) is 0 Å². The number of carbonyl (C=O) groups excluding carboxylic acids is 1. The molecule has 0 rings (SSSR count). The summed E-state index contributed by atoms with van der Waals surface area (Å²) < 4.78 is 8.41. The van der Waals surface area contributed by atoms with Gasteiger partial charge in [-0.05, 0) is 0 Å². The van der Waals surface area contributed by atoms with Crippen LogP contribution < -0.4 is 0 Å². The molecule has 0 aromatic rings. The molecule has 8 heteroatoms. The second-order valence-electron chi connectivity index (χ2n) is 3.06. The highest BCUT2D eigenvalue weighted by atomic mass is 16.7.